The maximum atomic E-state index is 11.9. The molecule has 0 bridgehead atoms. The fourth-order valence-electron chi connectivity index (χ4n) is 3.29. The minimum atomic E-state index is -0.351. The minimum Gasteiger partial charge on any atom is -0.368 e. The van der Waals surface area contributed by atoms with Crippen LogP contribution < -0.4 is 20.9 Å². The number of nitrogens with one attached hydrogen (secondary N) is 3. The Kier molecular flexibility index (Phi) is 6.58. The number of amides is 2. The summed E-state index contributed by atoms with van der Waals surface area (Å²) in [6.45, 7) is 3.64. The van der Waals surface area contributed by atoms with Crippen LogP contribution >= 0.6 is 23.4 Å². The summed E-state index contributed by atoms with van der Waals surface area (Å²) < 4.78 is 0. The zero-order chi connectivity index (χ0) is 18.5. The molecule has 1 aromatic carbocycles. The van der Waals surface area contributed by atoms with E-state index in [0.717, 1.165) is 62.0 Å². The van der Waals surface area contributed by atoms with Gasteiger partial charge in [-0.2, -0.15) is 0 Å². The Morgan fingerprint density at radius 2 is 2.23 bits per heavy atom. The Labute approximate surface area is 162 Å². The van der Waals surface area contributed by atoms with Crippen LogP contribution in [0.5, 0.6) is 0 Å². The highest BCUT2D eigenvalue weighted by atomic mass is 35.5. The third-order valence-electron chi connectivity index (χ3n) is 4.49. The van der Waals surface area contributed by atoms with Crippen molar-refractivity contribution in [1.29, 1.82) is 0 Å². The highest BCUT2D eigenvalue weighted by Gasteiger charge is 2.27. The largest absolute Gasteiger partial charge is 0.368 e. The summed E-state index contributed by atoms with van der Waals surface area (Å²) in [5.74, 6) is -0.351. The maximum absolute atomic E-state index is 11.9. The maximum Gasteiger partial charge on any atom is 0.290 e. The molecule has 140 valence electrons. The van der Waals surface area contributed by atoms with Gasteiger partial charge in [-0.15, -0.1) is 0 Å². The predicted octanol–water partition coefficient (Wildman–Crippen LogP) is 2.44. The third-order valence-corrected chi connectivity index (χ3v) is 5.61. The lowest BCUT2D eigenvalue weighted by Crippen LogP contribution is -2.47. The predicted molar refractivity (Wildman–Crippen MR) is 108 cm³/mol. The summed E-state index contributed by atoms with van der Waals surface area (Å²) in [5, 5.41) is 9.33. The average molecular weight is 395 g/mol. The molecule has 0 aliphatic carbocycles. The van der Waals surface area contributed by atoms with Crippen molar-refractivity contribution in [2.75, 3.05) is 38.1 Å². The summed E-state index contributed by atoms with van der Waals surface area (Å²) >= 11 is 7.44. The van der Waals surface area contributed by atoms with Gasteiger partial charge in [0.05, 0.1) is 15.6 Å². The highest BCUT2D eigenvalue weighted by Crippen LogP contribution is 2.35. The van der Waals surface area contributed by atoms with E-state index in [0.29, 0.717) is 16.0 Å². The zero-order valence-corrected chi connectivity index (χ0v) is 16.3. The van der Waals surface area contributed by atoms with Crippen molar-refractivity contribution < 1.29 is 9.59 Å². The number of carbonyl (C=O) groups excluding carboxylic acids is 2. The van der Waals surface area contributed by atoms with Crippen LogP contribution in [0.1, 0.15) is 18.4 Å². The van der Waals surface area contributed by atoms with E-state index in [9.17, 15) is 9.59 Å². The van der Waals surface area contributed by atoms with Crippen LogP contribution in [0.3, 0.4) is 0 Å². The number of hydrogen-bond acceptors (Lipinski definition) is 6. The second-order valence-electron chi connectivity index (χ2n) is 6.37. The normalized spacial score (nSPS) is 22.2. The minimum absolute atomic E-state index is 0.336. The first-order valence-corrected chi connectivity index (χ1v) is 9.94. The Morgan fingerprint density at radius 1 is 1.38 bits per heavy atom. The van der Waals surface area contributed by atoms with Gasteiger partial charge in [0.15, 0.2) is 0 Å². The first kappa shape index (κ1) is 19.2. The van der Waals surface area contributed by atoms with Crippen LogP contribution in [0.25, 0.3) is 6.08 Å². The molecule has 0 radical (unpaired) electrons. The molecule has 0 saturated carbocycles. The van der Waals surface area contributed by atoms with Crippen LogP contribution in [0.4, 0.5) is 10.5 Å². The molecule has 2 heterocycles. The summed E-state index contributed by atoms with van der Waals surface area (Å²) in [6, 6.07) is 6.07. The van der Waals surface area contributed by atoms with Crippen molar-refractivity contribution in [1.82, 2.24) is 16.0 Å². The molecule has 2 amide bonds. The van der Waals surface area contributed by atoms with E-state index in [4.69, 9.17) is 11.6 Å². The SMILES string of the molecule is CNCCN[C@@H]1CCCN(c2c(Cl)cccc2C=C2SC(=O)NC2=O)C1. The highest BCUT2D eigenvalue weighted by molar-refractivity contribution is 8.18. The van der Waals surface area contributed by atoms with Crippen molar-refractivity contribution in [2.24, 2.45) is 0 Å². The van der Waals surface area contributed by atoms with Crippen LogP contribution in [0.15, 0.2) is 23.1 Å². The second-order valence-corrected chi connectivity index (χ2v) is 7.79. The number of thioether (sulfide) groups is 1. The van der Waals surface area contributed by atoms with Gasteiger partial charge in [-0.1, -0.05) is 23.7 Å². The molecule has 3 N–H and O–H groups in total. The Hall–Kier alpha value is -1.54. The number of anilines is 1. The van der Waals surface area contributed by atoms with E-state index >= 15 is 0 Å². The van der Waals surface area contributed by atoms with Crippen molar-refractivity contribution in [3.8, 4) is 0 Å². The summed E-state index contributed by atoms with van der Waals surface area (Å²) in [7, 11) is 1.94. The molecule has 2 aliphatic heterocycles. The van der Waals surface area contributed by atoms with Gasteiger partial charge in [-0.3, -0.25) is 14.9 Å². The molecular formula is C18H23ClN4O2S. The van der Waals surface area contributed by atoms with Gasteiger partial charge in [0.1, 0.15) is 0 Å². The molecular weight excluding hydrogens is 372 g/mol. The first-order chi connectivity index (χ1) is 12.6. The smallest absolute Gasteiger partial charge is 0.290 e. The number of carbonyl (C=O) groups is 2. The Bertz CT molecular complexity index is 725. The molecule has 3 rings (SSSR count). The van der Waals surface area contributed by atoms with Crippen LogP contribution in [0.2, 0.25) is 5.02 Å². The van der Waals surface area contributed by atoms with Crippen molar-refractivity contribution in [3.05, 3.63) is 33.7 Å². The van der Waals surface area contributed by atoms with E-state index in [-0.39, 0.29) is 11.1 Å². The van der Waals surface area contributed by atoms with Crippen LogP contribution in [-0.2, 0) is 4.79 Å². The molecule has 1 aromatic rings. The lowest BCUT2D eigenvalue weighted by Gasteiger charge is -2.36. The van der Waals surface area contributed by atoms with Gasteiger partial charge in [-0.05, 0) is 43.8 Å². The molecule has 2 saturated heterocycles. The van der Waals surface area contributed by atoms with Gasteiger partial charge in [0.25, 0.3) is 11.1 Å². The first-order valence-electron chi connectivity index (χ1n) is 8.75. The topological polar surface area (TPSA) is 73.5 Å². The molecule has 26 heavy (non-hydrogen) atoms. The zero-order valence-electron chi connectivity index (χ0n) is 14.7. The summed E-state index contributed by atoms with van der Waals surface area (Å²) in [4.78, 5) is 26.0. The lowest BCUT2D eigenvalue weighted by molar-refractivity contribution is -0.115. The molecule has 2 fully saturated rings. The Morgan fingerprint density at radius 3 is 2.96 bits per heavy atom. The number of para-hydroxylation sites is 1. The molecule has 0 aromatic heterocycles. The monoisotopic (exact) mass is 394 g/mol. The third kappa shape index (κ3) is 4.59. The fraction of sp³-hybridized carbons (Fsp3) is 0.444. The van der Waals surface area contributed by atoms with E-state index in [2.05, 4.69) is 20.9 Å². The lowest BCUT2D eigenvalue weighted by atomic mass is 10.0. The average Bonchev–Trinajstić information content (AvgIpc) is 2.93. The van der Waals surface area contributed by atoms with Gasteiger partial charge in [0, 0.05) is 37.8 Å². The molecule has 6 nitrogen and oxygen atoms in total. The van der Waals surface area contributed by atoms with Gasteiger partial charge in [0.2, 0.25) is 0 Å². The number of piperidine rings is 1. The quantitative estimate of drug-likeness (QED) is 0.508. The van der Waals surface area contributed by atoms with Gasteiger partial charge in [-0.25, -0.2) is 0 Å². The number of benzene rings is 1. The standard InChI is InChI=1S/C18H23ClN4O2S/c1-20-7-8-21-13-5-3-9-23(11-13)16-12(4-2-6-14(16)19)10-15-17(24)22-18(25)26-15/h2,4,6,10,13,20-21H,3,5,7-9,11H2,1H3,(H,22,24,25)/t13-/m1/s1. The number of halogens is 1. The van der Waals surface area contributed by atoms with E-state index in [1.165, 1.54) is 0 Å². The number of hydrogen-bond donors (Lipinski definition) is 3. The van der Waals surface area contributed by atoms with Crippen LogP contribution in [0, 0.1) is 0 Å². The number of nitrogens with zero attached hydrogens (tertiary/aromatic N) is 1. The molecule has 0 spiro atoms. The van der Waals surface area contributed by atoms with E-state index in [1.807, 2.05) is 25.2 Å². The van der Waals surface area contributed by atoms with Crippen molar-refractivity contribution >= 4 is 46.3 Å². The molecule has 0 unspecified atom stereocenters. The molecule has 2 aliphatic rings. The second kappa shape index (κ2) is 8.90. The van der Waals surface area contributed by atoms with E-state index in [1.54, 1.807) is 6.08 Å². The fourth-order valence-corrected chi connectivity index (χ4v) is 4.27. The Balaban J connectivity index is 1.82. The van der Waals surface area contributed by atoms with Crippen LogP contribution in [-0.4, -0.2) is 50.4 Å². The molecule has 1 atom stereocenters. The van der Waals surface area contributed by atoms with Crippen molar-refractivity contribution in [3.63, 3.8) is 0 Å². The summed E-state index contributed by atoms with van der Waals surface area (Å²) in [6.07, 6.45) is 3.96. The number of likely N-dealkylation sites (N-methyl/N-ethyl adjacent to an activating group) is 1. The summed E-state index contributed by atoms with van der Waals surface area (Å²) in [5.41, 5.74) is 1.79. The van der Waals surface area contributed by atoms with Gasteiger partial charge < -0.3 is 15.5 Å². The number of imide groups is 1. The van der Waals surface area contributed by atoms with Gasteiger partial charge >= 0.3 is 0 Å². The molecule has 8 heteroatoms. The number of rotatable bonds is 6. The van der Waals surface area contributed by atoms with Crippen molar-refractivity contribution in [2.45, 2.75) is 18.9 Å². The van der Waals surface area contributed by atoms with E-state index < -0.39 is 0 Å².